The molecular formula is C20H30FN5O3S. The number of nitrogens with zero attached hydrogens (tertiary/aromatic N) is 3. The minimum atomic E-state index is -4.16. The average Bonchev–Trinajstić information content (AvgIpc) is 2.99. The van der Waals surface area contributed by atoms with Gasteiger partial charge in [0, 0.05) is 25.3 Å². The molecule has 0 aliphatic heterocycles. The van der Waals surface area contributed by atoms with Crippen molar-refractivity contribution in [1.82, 2.24) is 19.4 Å². The monoisotopic (exact) mass is 439 g/mol. The number of amides is 2. The topological polar surface area (TPSA) is 96.3 Å². The molecule has 0 radical (unpaired) electrons. The van der Waals surface area contributed by atoms with E-state index < -0.39 is 16.1 Å². The summed E-state index contributed by atoms with van der Waals surface area (Å²) in [6.45, 7) is 4.40. The zero-order chi connectivity index (χ0) is 22.5. The van der Waals surface area contributed by atoms with Crippen molar-refractivity contribution in [2.24, 2.45) is 7.05 Å². The fourth-order valence-corrected chi connectivity index (χ4v) is 4.13. The van der Waals surface area contributed by atoms with Gasteiger partial charge in [0.05, 0.1) is 5.69 Å². The summed E-state index contributed by atoms with van der Waals surface area (Å²) >= 11 is 0. The van der Waals surface area contributed by atoms with Gasteiger partial charge in [0.25, 0.3) is 10.0 Å². The second kappa shape index (κ2) is 10.0. The van der Waals surface area contributed by atoms with Gasteiger partial charge in [0.2, 0.25) is 0 Å². The van der Waals surface area contributed by atoms with Crippen molar-refractivity contribution >= 4 is 21.7 Å². The van der Waals surface area contributed by atoms with Crippen molar-refractivity contribution in [2.45, 2.75) is 51.1 Å². The fraction of sp³-hybridized carbons (Fsp3) is 0.500. The summed E-state index contributed by atoms with van der Waals surface area (Å²) in [6, 6.07) is 3.27. The summed E-state index contributed by atoms with van der Waals surface area (Å²) in [5.41, 5.74) is 2.43. The zero-order valence-electron chi connectivity index (χ0n) is 18.1. The summed E-state index contributed by atoms with van der Waals surface area (Å²) in [7, 11) is 1.20. The molecule has 2 amide bonds. The van der Waals surface area contributed by atoms with Crippen LogP contribution < -0.4 is 10.0 Å². The van der Waals surface area contributed by atoms with E-state index in [9.17, 15) is 17.6 Å². The van der Waals surface area contributed by atoms with Crippen LogP contribution in [0.5, 0.6) is 0 Å². The van der Waals surface area contributed by atoms with E-state index in [-0.39, 0.29) is 10.8 Å². The lowest BCUT2D eigenvalue weighted by Crippen LogP contribution is -2.35. The minimum absolute atomic E-state index is 0.237. The van der Waals surface area contributed by atoms with Gasteiger partial charge in [-0.1, -0.05) is 26.7 Å². The van der Waals surface area contributed by atoms with E-state index in [4.69, 9.17) is 0 Å². The smallest absolute Gasteiger partial charge is 0.307 e. The highest BCUT2D eigenvalue weighted by atomic mass is 32.2. The Labute approximate surface area is 177 Å². The summed E-state index contributed by atoms with van der Waals surface area (Å²) in [6.07, 6.45) is 2.63. The van der Waals surface area contributed by atoms with E-state index in [1.165, 1.54) is 22.9 Å². The van der Waals surface area contributed by atoms with Crippen LogP contribution in [0.1, 0.15) is 43.5 Å². The Morgan fingerprint density at radius 1 is 1.13 bits per heavy atom. The highest BCUT2D eigenvalue weighted by Gasteiger charge is 2.23. The number of aryl methyl sites for hydroxylation is 3. The van der Waals surface area contributed by atoms with Crippen LogP contribution in [-0.2, 0) is 36.5 Å². The van der Waals surface area contributed by atoms with E-state index in [1.807, 2.05) is 37.6 Å². The Morgan fingerprint density at radius 2 is 1.70 bits per heavy atom. The number of anilines is 1. The van der Waals surface area contributed by atoms with Crippen molar-refractivity contribution in [2.75, 3.05) is 19.4 Å². The molecule has 0 spiro atoms. The number of benzene rings is 1. The van der Waals surface area contributed by atoms with Gasteiger partial charge < -0.3 is 10.2 Å². The number of aromatic nitrogens is 2. The van der Waals surface area contributed by atoms with E-state index in [0.717, 1.165) is 12.8 Å². The fourth-order valence-electron chi connectivity index (χ4n) is 3.21. The largest absolute Gasteiger partial charge is 0.333 e. The Hall–Kier alpha value is -2.46. The van der Waals surface area contributed by atoms with Crippen LogP contribution in [0.4, 0.5) is 14.9 Å². The highest BCUT2D eigenvalue weighted by molar-refractivity contribution is 7.90. The third-order valence-corrected chi connectivity index (χ3v) is 5.68. The van der Waals surface area contributed by atoms with Gasteiger partial charge in [-0.2, -0.15) is 13.5 Å². The van der Waals surface area contributed by atoms with Gasteiger partial charge in [0.1, 0.15) is 5.82 Å². The number of urea groups is 1. The van der Waals surface area contributed by atoms with Crippen LogP contribution in [-0.4, -0.2) is 43.2 Å². The third kappa shape index (κ3) is 6.02. The lowest BCUT2D eigenvalue weighted by molar-refractivity contribution is 0.256. The summed E-state index contributed by atoms with van der Waals surface area (Å²) in [5, 5.41) is 6.39. The standard InChI is InChI=1S/C20H30FN5O3S/c1-6-8-14-10-16(21)11-15(9-7-2)19(14)22-20(27)24-30(28,29)18-12-17(13-25(3)4)26(5)23-18/h10-12H,6-9,13H2,1-5H3,(H2,22,24,27). The molecule has 0 unspecified atom stereocenters. The molecule has 2 rings (SSSR count). The number of hydrogen-bond donors (Lipinski definition) is 2. The maximum Gasteiger partial charge on any atom is 0.333 e. The number of halogens is 1. The molecule has 166 valence electrons. The Bertz CT molecular complexity index is 975. The van der Waals surface area contributed by atoms with E-state index in [0.29, 0.717) is 41.9 Å². The summed E-state index contributed by atoms with van der Waals surface area (Å²) in [5.74, 6) is -0.373. The van der Waals surface area contributed by atoms with Crippen LogP contribution in [0.3, 0.4) is 0 Å². The van der Waals surface area contributed by atoms with Gasteiger partial charge in [-0.3, -0.25) is 4.68 Å². The molecule has 2 N–H and O–H groups in total. The van der Waals surface area contributed by atoms with Gasteiger partial charge in [0.15, 0.2) is 5.03 Å². The molecule has 0 saturated carbocycles. The van der Waals surface area contributed by atoms with Crippen molar-refractivity contribution in [1.29, 1.82) is 0 Å². The molecule has 0 aliphatic rings. The van der Waals surface area contributed by atoms with Crippen molar-refractivity contribution in [3.8, 4) is 0 Å². The summed E-state index contributed by atoms with van der Waals surface area (Å²) in [4.78, 5) is 14.4. The van der Waals surface area contributed by atoms with E-state index in [1.54, 1.807) is 7.05 Å². The molecule has 1 heterocycles. The lowest BCUT2D eigenvalue weighted by atomic mass is 10.00. The zero-order valence-corrected chi connectivity index (χ0v) is 18.9. The first-order chi connectivity index (χ1) is 14.1. The Kier molecular flexibility index (Phi) is 7.96. The van der Waals surface area contributed by atoms with Crippen LogP contribution >= 0.6 is 0 Å². The number of carbonyl (C=O) groups is 1. The van der Waals surface area contributed by atoms with Crippen LogP contribution in [0.15, 0.2) is 23.2 Å². The van der Waals surface area contributed by atoms with Crippen LogP contribution in [0.2, 0.25) is 0 Å². The molecule has 0 saturated heterocycles. The number of sulfonamides is 1. The third-order valence-electron chi connectivity index (χ3n) is 4.48. The number of carbonyl (C=O) groups excluding carboxylic acids is 1. The summed E-state index contributed by atoms with van der Waals surface area (Å²) < 4.78 is 42.7. The molecule has 1 aromatic heterocycles. The number of nitrogens with one attached hydrogen (secondary N) is 2. The Balaban J connectivity index is 2.26. The number of rotatable bonds is 9. The van der Waals surface area contributed by atoms with Crippen LogP contribution in [0, 0.1) is 5.82 Å². The maximum absolute atomic E-state index is 14.0. The predicted octanol–water partition coefficient (Wildman–Crippen LogP) is 3.04. The van der Waals surface area contributed by atoms with Crippen molar-refractivity contribution < 1.29 is 17.6 Å². The molecular weight excluding hydrogens is 409 g/mol. The minimum Gasteiger partial charge on any atom is -0.307 e. The molecule has 10 heteroatoms. The first-order valence-electron chi connectivity index (χ1n) is 9.90. The van der Waals surface area contributed by atoms with E-state index >= 15 is 0 Å². The SMILES string of the molecule is CCCc1cc(F)cc(CCC)c1NC(=O)NS(=O)(=O)c1cc(CN(C)C)n(C)n1. The Morgan fingerprint density at radius 3 is 2.20 bits per heavy atom. The lowest BCUT2D eigenvalue weighted by Gasteiger charge is -2.16. The first kappa shape index (κ1) is 23.8. The first-order valence-corrected chi connectivity index (χ1v) is 11.4. The van der Waals surface area contributed by atoms with Gasteiger partial charge in [-0.25, -0.2) is 13.9 Å². The van der Waals surface area contributed by atoms with Crippen molar-refractivity contribution in [3.63, 3.8) is 0 Å². The second-order valence-electron chi connectivity index (χ2n) is 7.49. The quantitative estimate of drug-likeness (QED) is 0.626. The molecule has 0 bridgehead atoms. The molecule has 1 aromatic carbocycles. The van der Waals surface area contributed by atoms with E-state index in [2.05, 4.69) is 10.4 Å². The van der Waals surface area contributed by atoms with Gasteiger partial charge in [-0.05, 0) is 50.2 Å². The normalized spacial score (nSPS) is 11.7. The van der Waals surface area contributed by atoms with Crippen molar-refractivity contribution in [3.05, 3.63) is 40.8 Å². The van der Waals surface area contributed by atoms with Gasteiger partial charge in [-0.15, -0.1) is 0 Å². The molecule has 30 heavy (non-hydrogen) atoms. The molecule has 2 aromatic rings. The highest BCUT2D eigenvalue weighted by Crippen LogP contribution is 2.26. The van der Waals surface area contributed by atoms with Crippen LogP contribution in [0.25, 0.3) is 0 Å². The molecule has 0 aliphatic carbocycles. The predicted molar refractivity (Wildman–Crippen MR) is 114 cm³/mol. The second-order valence-corrected chi connectivity index (χ2v) is 9.12. The average molecular weight is 440 g/mol. The molecule has 8 nitrogen and oxygen atoms in total. The number of hydrogen-bond acceptors (Lipinski definition) is 5. The van der Waals surface area contributed by atoms with Gasteiger partial charge >= 0.3 is 6.03 Å². The molecule has 0 atom stereocenters. The maximum atomic E-state index is 14.0. The molecule has 0 fully saturated rings.